The van der Waals surface area contributed by atoms with E-state index in [1.165, 1.54) is 6.07 Å². The van der Waals surface area contributed by atoms with E-state index in [9.17, 15) is 14.7 Å². The fourth-order valence-corrected chi connectivity index (χ4v) is 3.25. The number of hydrogen-bond donors (Lipinski definition) is 2. The average Bonchev–Trinajstić information content (AvgIpc) is 2.53. The van der Waals surface area contributed by atoms with Crippen molar-refractivity contribution in [3.05, 3.63) is 46.2 Å². The van der Waals surface area contributed by atoms with Gasteiger partial charge in [-0.2, -0.15) is 0 Å². The molecule has 116 valence electrons. The summed E-state index contributed by atoms with van der Waals surface area (Å²) in [7, 11) is 0. The summed E-state index contributed by atoms with van der Waals surface area (Å²) in [6.07, 6.45) is 2.16. The van der Waals surface area contributed by atoms with Crippen molar-refractivity contribution in [2.75, 3.05) is 6.54 Å². The molecule has 0 bridgehead atoms. The lowest BCUT2D eigenvalue weighted by Crippen LogP contribution is -2.49. The van der Waals surface area contributed by atoms with Gasteiger partial charge in [0.05, 0.1) is 17.7 Å². The van der Waals surface area contributed by atoms with E-state index in [1.54, 1.807) is 17.9 Å². The summed E-state index contributed by atoms with van der Waals surface area (Å²) in [4.78, 5) is 29.2. The summed E-state index contributed by atoms with van der Waals surface area (Å²) in [5.74, 6) is -0.173. The van der Waals surface area contributed by atoms with Crippen LogP contribution in [0.1, 0.15) is 36.5 Å². The minimum atomic E-state index is -0.572. The standard InChI is InChI=1S/C17H20N2O3/c1-11(20)15-8-4-5-9-19(15)17(22)13-10-16(21)18-14-7-3-2-6-12(13)14/h2-3,6-7,10-11,15,20H,4-5,8-9H2,1H3,(H,18,21). The van der Waals surface area contributed by atoms with Gasteiger partial charge in [-0.3, -0.25) is 9.59 Å². The van der Waals surface area contributed by atoms with Crippen LogP contribution in [0.5, 0.6) is 0 Å². The maximum Gasteiger partial charge on any atom is 0.255 e. The number of aromatic nitrogens is 1. The first-order chi connectivity index (χ1) is 10.6. The molecule has 1 amide bonds. The van der Waals surface area contributed by atoms with Gasteiger partial charge in [0.25, 0.3) is 5.91 Å². The Hall–Kier alpha value is -2.14. The van der Waals surface area contributed by atoms with E-state index < -0.39 is 6.10 Å². The van der Waals surface area contributed by atoms with Crippen molar-refractivity contribution in [2.24, 2.45) is 0 Å². The molecule has 0 radical (unpaired) electrons. The molecule has 2 heterocycles. The van der Waals surface area contributed by atoms with Gasteiger partial charge in [0.15, 0.2) is 0 Å². The van der Waals surface area contributed by atoms with Crippen molar-refractivity contribution in [1.29, 1.82) is 0 Å². The highest BCUT2D eigenvalue weighted by Gasteiger charge is 2.31. The van der Waals surface area contributed by atoms with Gasteiger partial charge in [0, 0.05) is 23.5 Å². The number of nitrogens with zero attached hydrogens (tertiary/aromatic N) is 1. The second kappa shape index (κ2) is 5.93. The van der Waals surface area contributed by atoms with Gasteiger partial charge in [-0.15, -0.1) is 0 Å². The lowest BCUT2D eigenvalue weighted by molar-refractivity contribution is 0.0282. The predicted octanol–water partition coefficient (Wildman–Crippen LogP) is 1.90. The van der Waals surface area contributed by atoms with E-state index in [0.717, 1.165) is 24.6 Å². The minimum Gasteiger partial charge on any atom is -0.391 e. The van der Waals surface area contributed by atoms with Crippen molar-refractivity contribution in [3.63, 3.8) is 0 Å². The third-order valence-electron chi connectivity index (χ3n) is 4.35. The van der Waals surface area contributed by atoms with E-state index in [-0.39, 0.29) is 17.5 Å². The smallest absolute Gasteiger partial charge is 0.255 e. The van der Waals surface area contributed by atoms with E-state index in [1.807, 2.05) is 18.2 Å². The largest absolute Gasteiger partial charge is 0.391 e. The maximum absolute atomic E-state index is 12.9. The van der Waals surface area contributed by atoms with Gasteiger partial charge in [-0.05, 0) is 32.3 Å². The highest BCUT2D eigenvalue weighted by molar-refractivity contribution is 6.06. The zero-order valence-corrected chi connectivity index (χ0v) is 12.6. The Morgan fingerprint density at radius 1 is 1.36 bits per heavy atom. The van der Waals surface area contributed by atoms with Crippen LogP contribution < -0.4 is 5.56 Å². The Labute approximate surface area is 128 Å². The Morgan fingerprint density at radius 2 is 2.14 bits per heavy atom. The van der Waals surface area contributed by atoms with Crippen LogP contribution in [-0.2, 0) is 0 Å². The normalized spacial score (nSPS) is 20.1. The molecular formula is C17H20N2O3. The summed E-state index contributed by atoms with van der Waals surface area (Å²) in [6, 6.07) is 8.47. The van der Waals surface area contributed by atoms with Crippen molar-refractivity contribution in [3.8, 4) is 0 Å². The quantitative estimate of drug-likeness (QED) is 0.889. The molecule has 3 rings (SSSR count). The molecule has 1 aliphatic rings. The number of rotatable bonds is 2. The molecule has 0 aliphatic carbocycles. The predicted molar refractivity (Wildman–Crippen MR) is 84.9 cm³/mol. The van der Waals surface area contributed by atoms with Gasteiger partial charge >= 0.3 is 0 Å². The third-order valence-corrected chi connectivity index (χ3v) is 4.35. The number of nitrogens with one attached hydrogen (secondary N) is 1. The molecule has 2 unspecified atom stereocenters. The van der Waals surface area contributed by atoms with E-state index >= 15 is 0 Å². The Kier molecular flexibility index (Phi) is 3.98. The molecule has 22 heavy (non-hydrogen) atoms. The van der Waals surface area contributed by atoms with E-state index in [2.05, 4.69) is 4.98 Å². The van der Waals surface area contributed by atoms with Gasteiger partial charge in [-0.25, -0.2) is 0 Å². The summed E-state index contributed by atoms with van der Waals surface area (Å²) >= 11 is 0. The summed E-state index contributed by atoms with van der Waals surface area (Å²) in [5, 5.41) is 10.7. The Bertz CT molecular complexity index is 751. The zero-order valence-electron chi connectivity index (χ0n) is 12.6. The SMILES string of the molecule is CC(O)C1CCCCN1C(=O)c1cc(=O)[nH]c2ccccc12. The van der Waals surface area contributed by atoms with Crippen LogP contribution in [-0.4, -0.2) is 39.6 Å². The van der Waals surface area contributed by atoms with Crippen LogP contribution in [0.15, 0.2) is 35.1 Å². The number of carbonyl (C=O) groups is 1. The zero-order chi connectivity index (χ0) is 15.7. The molecule has 1 aromatic carbocycles. The molecule has 5 heteroatoms. The van der Waals surface area contributed by atoms with Gasteiger partial charge in [-0.1, -0.05) is 18.2 Å². The highest BCUT2D eigenvalue weighted by atomic mass is 16.3. The first-order valence-electron chi connectivity index (χ1n) is 7.69. The number of H-pyrrole nitrogens is 1. The lowest BCUT2D eigenvalue weighted by atomic mass is 9.96. The number of aliphatic hydroxyl groups is 1. The van der Waals surface area contributed by atoms with Crippen molar-refractivity contribution in [2.45, 2.75) is 38.3 Å². The number of amides is 1. The monoisotopic (exact) mass is 300 g/mol. The van der Waals surface area contributed by atoms with Crippen LogP contribution in [0.4, 0.5) is 0 Å². The van der Waals surface area contributed by atoms with Crippen LogP contribution in [0.3, 0.4) is 0 Å². The van der Waals surface area contributed by atoms with E-state index in [4.69, 9.17) is 0 Å². The fourth-order valence-electron chi connectivity index (χ4n) is 3.25. The number of carbonyl (C=O) groups excluding carboxylic acids is 1. The summed E-state index contributed by atoms with van der Waals surface area (Å²) < 4.78 is 0. The number of para-hydroxylation sites is 1. The third kappa shape index (κ3) is 2.64. The molecule has 0 saturated carbocycles. The number of fused-ring (bicyclic) bond motifs is 1. The number of likely N-dealkylation sites (tertiary alicyclic amines) is 1. The van der Waals surface area contributed by atoms with Crippen molar-refractivity contribution in [1.82, 2.24) is 9.88 Å². The molecule has 2 atom stereocenters. The maximum atomic E-state index is 12.9. The van der Waals surface area contributed by atoms with Crippen LogP contribution in [0, 0.1) is 0 Å². The molecule has 1 fully saturated rings. The van der Waals surface area contributed by atoms with Crippen LogP contribution in [0.25, 0.3) is 10.9 Å². The number of aliphatic hydroxyl groups excluding tert-OH is 1. The number of piperidine rings is 1. The lowest BCUT2D eigenvalue weighted by Gasteiger charge is -2.37. The molecule has 0 spiro atoms. The Morgan fingerprint density at radius 3 is 2.91 bits per heavy atom. The second-order valence-electron chi connectivity index (χ2n) is 5.90. The van der Waals surface area contributed by atoms with Crippen molar-refractivity contribution < 1.29 is 9.90 Å². The van der Waals surface area contributed by atoms with Gasteiger partial charge in [0.2, 0.25) is 5.56 Å². The molecule has 1 aliphatic heterocycles. The number of aromatic amines is 1. The topological polar surface area (TPSA) is 73.4 Å². The van der Waals surface area contributed by atoms with Crippen molar-refractivity contribution >= 4 is 16.8 Å². The molecule has 2 aromatic rings. The summed E-state index contributed by atoms with van der Waals surface area (Å²) in [5.41, 5.74) is 0.781. The molecular weight excluding hydrogens is 280 g/mol. The highest BCUT2D eigenvalue weighted by Crippen LogP contribution is 2.24. The van der Waals surface area contributed by atoms with Crippen LogP contribution in [0.2, 0.25) is 0 Å². The first-order valence-corrected chi connectivity index (χ1v) is 7.69. The fraction of sp³-hybridized carbons (Fsp3) is 0.412. The molecule has 5 nitrogen and oxygen atoms in total. The van der Waals surface area contributed by atoms with Crippen LogP contribution >= 0.6 is 0 Å². The average molecular weight is 300 g/mol. The van der Waals surface area contributed by atoms with E-state index in [0.29, 0.717) is 17.6 Å². The minimum absolute atomic E-state index is 0.173. The molecule has 1 aromatic heterocycles. The Balaban J connectivity index is 2.06. The number of hydrogen-bond acceptors (Lipinski definition) is 3. The molecule has 2 N–H and O–H groups in total. The number of benzene rings is 1. The van der Waals surface area contributed by atoms with Gasteiger partial charge in [0.1, 0.15) is 0 Å². The molecule has 1 saturated heterocycles. The summed E-state index contributed by atoms with van der Waals surface area (Å²) in [6.45, 7) is 2.34. The number of pyridine rings is 1. The van der Waals surface area contributed by atoms with Gasteiger partial charge < -0.3 is 15.0 Å². The first kappa shape index (κ1) is 14.8. The second-order valence-corrected chi connectivity index (χ2v) is 5.90.